The van der Waals surface area contributed by atoms with E-state index in [0.29, 0.717) is 36.1 Å². The Bertz CT molecular complexity index is 1180. The molecule has 1 saturated heterocycles. The van der Waals surface area contributed by atoms with Gasteiger partial charge < -0.3 is 19.7 Å². The zero-order chi connectivity index (χ0) is 23.0. The summed E-state index contributed by atoms with van der Waals surface area (Å²) in [6.45, 7) is 2.92. The molecule has 1 N–H and O–H groups in total. The largest absolute Gasteiger partial charge is 0.486 e. The van der Waals surface area contributed by atoms with Crippen molar-refractivity contribution in [3.05, 3.63) is 42.0 Å². The van der Waals surface area contributed by atoms with E-state index in [9.17, 15) is 18.0 Å². The number of ether oxygens (including phenoxy) is 2. The highest BCUT2D eigenvalue weighted by Gasteiger charge is 2.36. The Labute approximate surface area is 187 Å². The van der Waals surface area contributed by atoms with Crippen LogP contribution in [0.1, 0.15) is 12.0 Å². The number of fused-ring (bicyclic) bond motifs is 1. The van der Waals surface area contributed by atoms with Gasteiger partial charge in [-0.3, -0.25) is 9.59 Å². The molecule has 0 bridgehead atoms. The van der Waals surface area contributed by atoms with Crippen LogP contribution in [-0.4, -0.2) is 58.4 Å². The maximum atomic E-state index is 12.9. The maximum Gasteiger partial charge on any atom is 0.242 e. The van der Waals surface area contributed by atoms with Gasteiger partial charge in [-0.05, 0) is 36.8 Å². The number of carbonyl (C=O) groups is 2. The number of aryl methyl sites for hydroxylation is 1. The molecule has 0 aliphatic carbocycles. The third-order valence-electron chi connectivity index (χ3n) is 5.58. The Morgan fingerprint density at radius 2 is 1.81 bits per heavy atom. The van der Waals surface area contributed by atoms with Crippen LogP contribution in [0, 0.1) is 12.8 Å². The van der Waals surface area contributed by atoms with Gasteiger partial charge in [-0.1, -0.05) is 6.07 Å². The predicted molar refractivity (Wildman–Crippen MR) is 119 cm³/mol. The summed E-state index contributed by atoms with van der Waals surface area (Å²) in [6.07, 6.45) is 0.0645. The molecular formula is C22H25N3O6S. The summed E-state index contributed by atoms with van der Waals surface area (Å²) in [5.41, 5.74) is 1.78. The van der Waals surface area contributed by atoms with E-state index < -0.39 is 15.9 Å². The Morgan fingerprint density at radius 3 is 2.53 bits per heavy atom. The molecule has 2 aliphatic heterocycles. The molecule has 170 valence electrons. The Kier molecular flexibility index (Phi) is 5.83. The number of carbonyl (C=O) groups excluding carboxylic acids is 2. The minimum absolute atomic E-state index is 0.0645. The summed E-state index contributed by atoms with van der Waals surface area (Å²) in [7, 11) is -0.738. The second-order valence-electron chi connectivity index (χ2n) is 7.99. The lowest BCUT2D eigenvalue weighted by molar-refractivity contribution is -0.122. The van der Waals surface area contributed by atoms with Crippen molar-refractivity contribution in [3.8, 4) is 11.5 Å². The van der Waals surface area contributed by atoms with Gasteiger partial charge in [-0.2, -0.15) is 0 Å². The first-order valence-electron chi connectivity index (χ1n) is 10.2. The lowest BCUT2D eigenvalue weighted by Gasteiger charge is -2.22. The van der Waals surface area contributed by atoms with Gasteiger partial charge in [0, 0.05) is 44.5 Å². The summed E-state index contributed by atoms with van der Waals surface area (Å²) < 4.78 is 37.1. The average molecular weight is 460 g/mol. The monoisotopic (exact) mass is 459 g/mol. The van der Waals surface area contributed by atoms with Gasteiger partial charge in [0.2, 0.25) is 21.8 Å². The maximum absolute atomic E-state index is 12.9. The first-order valence-corrected chi connectivity index (χ1v) is 11.6. The minimum Gasteiger partial charge on any atom is -0.486 e. The van der Waals surface area contributed by atoms with Gasteiger partial charge in [0.15, 0.2) is 11.5 Å². The molecule has 2 aliphatic rings. The summed E-state index contributed by atoms with van der Waals surface area (Å²) in [5.74, 6) is 0.139. The van der Waals surface area contributed by atoms with Crippen molar-refractivity contribution in [2.45, 2.75) is 18.2 Å². The number of amides is 2. The summed E-state index contributed by atoms with van der Waals surface area (Å²) in [6, 6.07) is 9.86. The number of benzene rings is 2. The molecule has 9 nitrogen and oxygen atoms in total. The van der Waals surface area contributed by atoms with Crippen LogP contribution in [0.5, 0.6) is 11.5 Å². The van der Waals surface area contributed by atoms with Crippen molar-refractivity contribution >= 4 is 33.2 Å². The van der Waals surface area contributed by atoms with E-state index >= 15 is 0 Å². The van der Waals surface area contributed by atoms with E-state index in [-0.39, 0.29) is 29.7 Å². The molecule has 0 spiro atoms. The van der Waals surface area contributed by atoms with Crippen molar-refractivity contribution in [2.75, 3.05) is 44.1 Å². The molecule has 0 radical (unpaired) electrons. The number of rotatable bonds is 5. The molecule has 2 heterocycles. The van der Waals surface area contributed by atoms with E-state index in [1.54, 1.807) is 36.1 Å². The zero-order valence-electron chi connectivity index (χ0n) is 18.1. The molecule has 0 aromatic heterocycles. The normalized spacial score (nSPS) is 18.2. The van der Waals surface area contributed by atoms with E-state index in [1.807, 2.05) is 0 Å². The van der Waals surface area contributed by atoms with Crippen molar-refractivity contribution < 1.29 is 27.5 Å². The number of hydrogen-bond donors (Lipinski definition) is 1. The van der Waals surface area contributed by atoms with Gasteiger partial charge in [-0.15, -0.1) is 0 Å². The van der Waals surface area contributed by atoms with Crippen molar-refractivity contribution in [1.82, 2.24) is 4.31 Å². The highest BCUT2D eigenvalue weighted by atomic mass is 32.2. The molecule has 1 unspecified atom stereocenters. The molecule has 10 heteroatoms. The van der Waals surface area contributed by atoms with Crippen LogP contribution in [0.3, 0.4) is 0 Å². The quantitative estimate of drug-likeness (QED) is 0.733. The standard InChI is InChI=1S/C22H25N3O6S/c1-14-4-6-17(32(28,29)24(2)3)12-18(14)23-22(27)15-10-21(26)25(13-15)16-5-7-19-20(11-16)31-9-8-30-19/h4-7,11-12,15H,8-10,13H2,1-3H3,(H,23,27). The first-order chi connectivity index (χ1) is 15.2. The SMILES string of the molecule is Cc1ccc(S(=O)(=O)N(C)C)cc1NC(=O)C1CC(=O)N(c2ccc3c(c2)OCCO3)C1. The number of anilines is 2. The van der Waals surface area contributed by atoms with Crippen molar-refractivity contribution in [3.63, 3.8) is 0 Å². The second kappa shape index (κ2) is 8.44. The topological polar surface area (TPSA) is 105 Å². The van der Waals surface area contributed by atoms with Gasteiger partial charge >= 0.3 is 0 Å². The van der Waals surface area contributed by atoms with Gasteiger partial charge in [-0.25, -0.2) is 12.7 Å². The number of nitrogens with one attached hydrogen (secondary N) is 1. The van der Waals surface area contributed by atoms with E-state index in [2.05, 4.69) is 5.32 Å². The summed E-state index contributed by atoms with van der Waals surface area (Å²) in [4.78, 5) is 27.2. The molecular weight excluding hydrogens is 434 g/mol. The van der Waals surface area contributed by atoms with Gasteiger partial charge in [0.25, 0.3) is 0 Å². The molecule has 2 aromatic rings. The zero-order valence-corrected chi connectivity index (χ0v) is 18.9. The van der Waals surface area contributed by atoms with Crippen LogP contribution in [0.15, 0.2) is 41.3 Å². The van der Waals surface area contributed by atoms with E-state index in [1.165, 1.54) is 26.2 Å². The lowest BCUT2D eigenvalue weighted by Crippen LogP contribution is -2.28. The molecule has 32 heavy (non-hydrogen) atoms. The van der Waals surface area contributed by atoms with Gasteiger partial charge in [0.05, 0.1) is 10.8 Å². The van der Waals surface area contributed by atoms with Crippen LogP contribution in [-0.2, 0) is 19.6 Å². The Morgan fingerprint density at radius 1 is 1.09 bits per heavy atom. The van der Waals surface area contributed by atoms with Crippen LogP contribution in [0.25, 0.3) is 0 Å². The summed E-state index contributed by atoms with van der Waals surface area (Å²) in [5, 5.41) is 2.80. The number of hydrogen-bond acceptors (Lipinski definition) is 6. The van der Waals surface area contributed by atoms with Gasteiger partial charge in [0.1, 0.15) is 13.2 Å². The smallest absolute Gasteiger partial charge is 0.242 e. The Balaban J connectivity index is 1.50. The fourth-order valence-electron chi connectivity index (χ4n) is 3.67. The minimum atomic E-state index is -3.63. The van der Waals surface area contributed by atoms with Crippen LogP contribution < -0.4 is 19.7 Å². The second-order valence-corrected chi connectivity index (χ2v) is 10.1. The van der Waals surface area contributed by atoms with E-state index in [0.717, 1.165) is 9.87 Å². The number of sulfonamides is 1. The third kappa shape index (κ3) is 4.15. The number of nitrogens with zero attached hydrogens (tertiary/aromatic N) is 2. The van der Waals surface area contributed by atoms with Crippen LogP contribution in [0.2, 0.25) is 0 Å². The van der Waals surface area contributed by atoms with Crippen LogP contribution in [0.4, 0.5) is 11.4 Å². The molecule has 2 amide bonds. The van der Waals surface area contributed by atoms with Crippen molar-refractivity contribution in [2.24, 2.45) is 5.92 Å². The molecule has 2 aromatic carbocycles. The predicted octanol–water partition coefficient (Wildman–Crippen LogP) is 2.01. The fourth-order valence-corrected chi connectivity index (χ4v) is 4.60. The average Bonchev–Trinajstić information content (AvgIpc) is 3.16. The van der Waals surface area contributed by atoms with Crippen LogP contribution >= 0.6 is 0 Å². The lowest BCUT2D eigenvalue weighted by atomic mass is 10.1. The summed E-state index contributed by atoms with van der Waals surface area (Å²) >= 11 is 0. The Hall–Kier alpha value is -3.11. The molecule has 1 atom stereocenters. The highest BCUT2D eigenvalue weighted by molar-refractivity contribution is 7.89. The highest BCUT2D eigenvalue weighted by Crippen LogP contribution is 2.36. The third-order valence-corrected chi connectivity index (χ3v) is 7.39. The molecule has 1 fully saturated rings. The molecule has 0 saturated carbocycles. The fraction of sp³-hybridized carbons (Fsp3) is 0.364. The molecule has 4 rings (SSSR count). The van der Waals surface area contributed by atoms with Crippen molar-refractivity contribution in [1.29, 1.82) is 0 Å². The van der Waals surface area contributed by atoms with E-state index in [4.69, 9.17) is 9.47 Å². The first kappa shape index (κ1) is 22.1.